The van der Waals surface area contributed by atoms with Crippen molar-refractivity contribution in [3.05, 3.63) is 59.7 Å². The molecule has 2 heteroatoms. The maximum Gasteiger partial charge on any atom is 0.0443 e. The number of rotatable bonds is 6. The van der Waals surface area contributed by atoms with Gasteiger partial charge in [0.15, 0.2) is 0 Å². The van der Waals surface area contributed by atoms with Crippen LogP contribution in [0.5, 0.6) is 0 Å². The van der Waals surface area contributed by atoms with Crippen LogP contribution in [-0.4, -0.2) is 18.3 Å². The summed E-state index contributed by atoms with van der Waals surface area (Å²) in [5, 5.41) is 12.1. The Morgan fingerprint density at radius 1 is 1.05 bits per heavy atom. The highest BCUT2D eigenvalue weighted by Crippen LogP contribution is 2.23. The van der Waals surface area contributed by atoms with E-state index in [-0.39, 0.29) is 6.61 Å². The lowest BCUT2D eigenvalue weighted by atomic mass is 9.99. The lowest BCUT2D eigenvalue weighted by molar-refractivity contribution is 0.286. The van der Waals surface area contributed by atoms with Gasteiger partial charge in [-0.05, 0) is 48.2 Å². The Kier molecular flexibility index (Phi) is 5.13. The van der Waals surface area contributed by atoms with Crippen molar-refractivity contribution in [2.75, 3.05) is 13.2 Å². The van der Waals surface area contributed by atoms with Crippen LogP contribution >= 0.6 is 0 Å². The van der Waals surface area contributed by atoms with Gasteiger partial charge in [0.05, 0.1) is 0 Å². The fraction of sp³-hybridized carbons (Fsp3) is 0.294. The quantitative estimate of drug-likeness (QED) is 0.777. The van der Waals surface area contributed by atoms with Gasteiger partial charge in [-0.15, -0.1) is 0 Å². The summed E-state index contributed by atoms with van der Waals surface area (Å²) in [6.45, 7) is 4.09. The largest absolute Gasteiger partial charge is 0.396 e. The minimum absolute atomic E-state index is 0.246. The van der Waals surface area contributed by atoms with E-state index in [1.54, 1.807) is 0 Å². The standard InChI is InChI=1S/C17H21NO/c1-14-6-2-3-9-17(14)16-8-4-7-15(12-16)13-18-10-5-11-19/h2-4,6-9,12,18-19H,5,10-11,13H2,1H3. The molecule has 0 fully saturated rings. The van der Waals surface area contributed by atoms with Crippen LogP contribution in [-0.2, 0) is 6.54 Å². The zero-order chi connectivity index (χ0) is 13.5. The molecule has 0 aromatic heterocycles. The number of aliphatic hydroxyl groups is 1. The number of benzene rings is 2. The molecule has 0 saturated carbocycles. The molecule has 0 amide bonds. The second-order valence-electron chi connectivity index (χ2n) is 4.77. The van der Waals surface area contributed by atoms with Crippen molar-refractivity contribution < 1.29 is 5.11 Å². The maximum atomic E-state index is 8.75. The minimum atomic E-state index is 0.246. The highest BCUT2D eigenvalue weighted by atomic mass is 16.3. The SMILES string of the molecule is Cc1ccccc1-c1cccc(CNCCCO)c1. The van der Waals surface area contributed by atoms with E-state index < -0.39 is 0 Å². The Bertz CT molecular complexity index is 522. The summed E-state index contributed by atoms with van der Waals surface area (Å²) in [5.74, 6) is 0. The number of hydrogen-bond acceptors (Lipinski definition) is 2. The minimum Gasteiger partial charge on any atom is -0.396 e. The van der Waals surface area contributed by atoms with Gasteiger partial charge < -0.3 is 10.4 Å². The first-order valence-corrected chi connectivity index (χ1v) is 6.78. The molecular formula is C17H21NO. The molecule has 0 bridgehead atoms. The first-order chi connectivity index (χ1) is 9.31. The average Bonchev–Trinajstić information content (AvgIpc) is 2.44. The molecule has 0 unspecified atom stereocenters. The summed E-state index contributed by atoms with van der Waals surface area (Å²) < 4.78 is 0. The average molecular weight is 255 g/mol. The Hall–Kier alpha value is -1.64. The molecule has 2 N–H and O–H groups in total. The first kappa shape index (κ1) is 13.8. The molecule has 2 nitrogen and oxygen atoms in total. The van der Waals surface area contributed by atoms with Crippen molar-refractivity contribution in [2.45, 2.75) is 19.9 Å². The van der Waals surface area contributed by atoms with Crippen LogP contribution < -0.4 is 5.32 Å². The molecule has 2 rings (SSSR count). The number of nitrogens with one attached hydrogen (secondary N) is 1. The molecule has 0 saturated heterocycles. The van der Waals surface area contributed by atoms with Crippen LogP contribution in [0.3, 0.4) is 0 Å². The first-order valence-electron chi connectivity index (χ1n) is 6.78. The predicted molar refractivity (Wildman–Crippen MR) is 80.0 cm³/mol. The molecule has 19 heavy (non-hydrogen) atoms. The van der Waals surface area contributed by atoms with E-state index in [2.05, 4.69) is 60.8 Å². The predicted octanol–water partition coefficient (Wildman–Crippen LogP) is 3.13. The van der Waals surface area contributed by atoms with Gasteiger partial charge in [-0.1, -0.05) is 42.5 Å². The van der Waals surface area contributed by atoms with E-state index >= 15 is 0 Å². The highest BCUT2D eigenvalue weighted by molar-refractivity contribution is 5.67. The molecule has 0 radical (unpaired) electrons. The van der Waals surface area contributed by atoms with Gasteiger partial charge in [-0.3, -0.25) is 0 Å². The third-order valence-corrected chi connectivity index (χ3v) is 3.22. The van der Waals surface area contributed by atoms with Crippen LogP contribution in [0.15, 0.2) is 48.5 Å². The Morgan fingerprint density at radius 2 is 1.89 bits per heavy atom. The summed E-state index contributed by atoms with van der Waals surface area (Å²) in [6.07, 6.45) is 0.803. The summed E-state index contributed by atoms with van der Waals surface area (Å²) in [4.78, 5) is 0. The fourth-order valence-corrected chi connectivity index (χ4v) is 2.18. The van der Waals surface area contributed by atoms with E-state index in [4.69, 9.17) is 5.11 Å². The van der Waals surface area contributed by atoms with E-state index in [9.17, 15) is 0 Å². The van der Waals surface area contributed by atoms with Crippen LogP contribution in [0, 0.1) is 6.92 Å². The molecule has 0 heterocycles. The molecule has 2 aromatic carbocycles. The third kappa shape index (κ3) is 3.91. The number of aliphatic hydroxyl groups excluding tert-OH is 1. The van der Waals surface area contributed by atoms with Gasteiger partial charge in [0, 0.05) is 13.2 Å². The molecule has 0 atom stereocenters. The molecule has 100 valence electrons. The van der Waals surface area contributed by atoms with Crippen LogP contribution in [0.1, 0.15) is 17.5 Å². The van der Waals surface area contributed by atoms with E-state index in [0.29, 0.717) is 0 Å². The Balaban J connectivity index is 2.09. The Labute approximate surface area is 115 Å². The van der Waals surface area contributed by atoms with Crippen molar-refractivity contribution in [1.82, 2.24) is 5.32 Å². The van der Waals surface area contributed by atoms with Gasteiger partial charge in [-0.2, -0.15) is 0 Å². The zero-order valence-electron chi connectivity index (χ0n) is 11.4. The summed E-state index contributed by atoms with van der Waals surface area (Å²) in [6, 6.07) is 17.1. The molecule has 0 aliphatic carbocycles. The van der Waals surface area contributed by atoms with Crippen LogP contribution in [0.25, 0.3) is 11.1 Å². The molecule has 2 aromatic rings. The number of hydrogen-bond donors (Lipinski definition) is 2. The van der Waals surface area contributed by atoms with E-state index in [1.165, 1.54) is 22.3 Å². The summed E-state index contributed by atoms with van der Waals surface area (Å²) in [5.41, 5.74) is 5.13. The summed E-state index contributed by atoms with van der Waals surface area (Å²) in [7, 11) is 0. The van der Waals surface area contributed by atoms with Gasteiger partial charge in [0.1, 0.15) is 0 Å². The lowest BCUT2D eigenvalue weighted by Crippen LogP contribution is -2.15. The molecular weight excluding hydrogens is 234 g/mol. The molecule has 0 aliphatic heterocycles. The van der Waals surface area contributed by atoms with E-state index in [1.807, 2.05) is 0 Å². The van der Waals surface area contributed by atoms with Crippen molar-refractivity contribution in [2.24, 2.45) is 0 Å². The van der Waals surface area contributed by atoms with Crippen molar-refractivity contribution in [3.63, 3.8) is 0 Å². The Morgan fingerprint density at radius 3 is 2.68 bits per heavy atom. The fourth-order valence-electron chi connectivity index (χ4n) is 2.18. The van der Waals surface area contributed by atoms with Crippen LogP contribution in [0.4, 0.5) is 0 Å². The van der Waals surface area contributed by atoms with Crippen LogP contribution in [0.2, 0.25) is 0 Å². The second-order valence-corrected chi connectivity index (χ2v) is 4.77. The lowest BCUT2D eigenvalue weighted by Gasteiger charge is -2.09. The van der Waals surface area contributed by atoms with Gasteiger partial charge in [0.25, 0.3) is 0 Å². The molecule has 0 spiro atoms. The molecule has 0 aliphatic rings. The second kappa shape index (κ2) is 7.07. The zero-order valence-corrected chi connectivity index (χ0v) is 11.4. The monoisotopic (exact) mass is 255 g/mol. The van der Waals surface area contributed by atoms with E-state index in [0.717, 1.165) is 19.5 Å². The van der Waals surface area contributed by atoms with Crippen molar-refractivity contribution >= 4 is 0 Å². The van der Waals surface area contributed by atoms with Gasteiger partial charge in [0.2, 0.25) is 0 Å². The highest BCUT2D eigenvalue weighted by Gasteiger charge is 2.01. The third-order valence-electron chi connectivity index (χ3n) is 3.22. The maximum absolute atomic E-state index is 8.75. The topological polar surface area (TPSA) is 32.3 Å². The summed E-state index contributed by atoms with van der Waals surface area (Å²) >= 11 is 0. The smallest absolute Gasteiger partial charge is 0.0443 e. The normalized spacial score (nSPS) is 10.6. The van der Waals surface area contributed by atoms with Gasteiger partial charge >= 0.3 is 0 Å². The van der Waals surface area contributed by atoms with Gasteiger partial charge in [-0.25, -0.2) is 0 Å². The van der Waals surface area contributed by atoms with Crippen molar-refractivity contribution in [1.29, 1.82) is 0 Å². The van der Waals surface area contributed by atoms with Crippen molar-refractivity contribution in [3.8, 4) is 11.1 Å². The number of aryl methyl sites for hydroxylation is 1.